The average Bonchev–Trinajstić information content (AvgIpc) is 2.18. The van der Waals surface area contributed by atoms with Crippen LogP contribution in [0.1, 0.15) is 46.5 Å². The SMILES string of the molecule is CC(C)CNCC(O)C1CCC(C)CC1. The van der Waals surface area contributed by atoms with Crippen LogP contribution in [0.3, 0.4) is 0 Å². The molecule has 0 heterocycles. The van der Waals surface area contributed by atoms with E-state index in [9.17, 15) is 5.11 Å². The lowest BCUT2D eigenvalue weighted by Gasteiger charge is -2.30. The van der Waals surface area contributed by atoms with Crippen molar-refractivity contribution in [2.24, 2.45) is 17.8 Å². The van der Waals surface area contributed by atoms with Crippen LogP contribution in [0.5, 0.6) is 0 Å². The number of hydrogen-bond donors (Lipinski definition) is 2. The summed E-state index contributed by atoms with van der Waals surface area (Å²) in [5.41, 5.74) is 0. The van der Waals surface area contributed by atoms with Crippen LogP contribution in [0.2, 0.25) is 0 Å². The van der Waals surface area contributed by atoms with Crippen molar-refractivity contribution in [3.63, 3.8) is 0 Å². The molecule has 2 N–H and O–H groups in total. The van der Waals surface area contributed by atoms with E-state index < -0.39 is 0 Å². The first-order valence-corrected chi connectivity index (χ1v) is 6.48. The van der Waals surface area contributed by atoms with Crippen molar-refractivity contribution < 1.29 is 5.11 Å². The zero-order valence-corrected chi connectivity index (χ0v) is 10.5. The second kappa shape index (κ2) is 6.49. The Balaban J connectivity index is 2.13. The van der Waals surface area contributed by atoms with Crippen LogP contribution in [0.15, 0.2) is 0 Å². The zero-order valence-electron chi connectivity index (χ0n) is 10.5. The summed E-state index contributed by atoms with van der Waals surface area (Å²) in [4.78, 5) is 0. The van der Waals surface area contributed by atoms with Crippen LogP contribution in [0.4, 0.5) is 0 Å². The van der Waals surface area contributed by atoms with E-state index in [4.69, 9.17) is 0 Å². The predicted molar refractivity (Wildman–Crippen MR) is 64.8 cm³/mol. The minimum absolute atomic E-state index is 0.128. The van der Waals surface area contributed by atoms with Gasteiger partial charge in [0.1, 0.15) is 0 Å². The van der Waals surface area contributed by atoms with Crippen molar-refractivity contribution in [1.29, 1.82) is 0 Å². The van der Waals surface area contributed by atoms with Crippen molar-refractivity contribution in [2.45, 2.75) is 52.6 Å². The monoisotopic (exact) mass is 213 g/mol. The Kier molecular flexibility index (Phi) is 5.62. The van der Waals surface area contributed by atoms with E-state index in [-0.39, 0.29) is 6.10 Å². The van der Waals surface area contributed by atoms with Gasteiger partial charge in [0.2, 0.25) is 0 Å². The molecule has 90 valence electrons. The molecule has 1 atom stereocenters. The molecule has 0 aromatic carbocycles. The molecule has 1 fully saturated rings. The second-order valence-electron chi connectivity index (χ2n) is 5.64. The molecule has 0 aromatic rings. The third-order valence-corrected chi connectivity index (χ3v) is 3.51. The fraction of sp³-hybridized carbons (Fsp3) is 1.00. The van der Waals surface area contributed by atoms with E-state index in [1.807, 2.05) is 0 Å². The Bertz CT molecular complexity index is 162. The average molecular weight is 213 g/mol. The fourth-order valence-electron chi connectivity index (χ4n) is 2.36. The van der Waals surface area contributed by atoms with Gasteiger partial charge in [0.05, 0.1) is 6.10 Å². The number of aliphatic hydroxyl groups excluding tert-OH is 1. The van der Waals surface area contributed by atoms with E-state index >= 15 is 0 Å². The molecule has 1 unspecified atom stereocenters. The first-order valence-electron chi connectivity index (χ1n) is 6.48. The molecular weight excluding hydrogens is 186 g/mol. The van der Waals surface area contributed by atoms with Gasteiger partial charge in [0.15, 0.2) is 0 Å². The molecule has 0 amide bonds. The smallest absolute Gasteiger partial charge is 0.0692 e. The number of aliphatic hydroxyl groups is 1. The number of hydrogen-bond acceptors (Lipinski definition) is 2. The summed E-state index contributed by atoms with van der Waals surface area (Å²) < 4.78 is 0. The largest absolute Gasteiger partial charge is 0.392 e. The van der Waals surface area contributed by atoms with Gasteiger partial charge in [0, 0.05) is 6.54 Å². The Labute approximate surface area is 94.5 Å². The number of nitrogens with one attached hydrogen (secondary N) is 1. The third-order valence-electron chi connectivity index (χ3n) is 3.51. The molecule has 0 bridgehead atoms. The minimum atomic E-state index is -0.128. The van der Waals surface area contributed by atoms with E-state index in [1.54, 1.807) is 0 Å². The van der Waals surface area contributed by atoms with Gasteiger partial charge in [0.25, 0.3) is 0 Å². The minimum Gasteiger partial charge on any atom is -0.392 e. The van der Waals surface area contributed by atoms with Crippen LogP contribution in [0, 0.1) is 17.8 Å². The molecule has 2 heteroatoms. The van der Waals surface area contributed by atoms with Crippen LogP contribution < -0.4 is 5.32 Å². The van der Waals surface area contributed by atoms with Gasteiger partial charge in [-0.1, -0.05) is 33.6 Å². The maximum Gasteiger partial charge on any atom is 0.0692 e. The molecule has 1 rings (SSSR count). The van der Waals surface area contributed by atoms with Crippen molar-refractivity contribution in [3.05, 3.63) is 0 Å². The quantitative estimate of drug-likeness (QED) is 0.735. The summed E-state index contributed by atoms with van der Waals surface area (Å²) in [5.74, 6) is 2.08. The lowest BCUT2D eigenvalue weighted by molar-refractivity contribution is 0.0748. The normalized spacial score (nSPS) is 29.4. The highest BCUT2D eigenvalue weighted by molar-refractivity contribution is 4.77. The summed E-state index contributed by atoms with van der Waals surface area (Å²) in [6.07, 6.45) is 4.89. The molecule has 0 aromatic heterocycles. The van der Waals surface area contributed by atoms with E-state index in [1.165, 1.54) is 25.7 Å². The van der Waals surface area contributed by atoms with Gasteiger partial charge in [-0.2, -0.15) is 0 Å². The summed E-state index contributed by atoms with van der Waals surface area (Å²) in [6, 6.07) is 0. The lowest BCUT2D eigenvalue weighted by Crippen LogP contribution is -2.36. The molecule has 0 spiro atoms. The van der Waals surface area contributed by atoms with E-state index in [2.05, 4.69) is 26.1 Å². The zero-order chi connectivity index (χ0) is 11.3. The van der Waals surface area contributed by atoms with Crippen molar-refractivity contribution in [1.82, 2.24) is 5.32 Å². The summed E-state index contributed by atoms with van der Waals surface area (Å²) in [5, 5.41) is 13.4. The molecule has 1 aliphatic carbocycles. The standard InChI is InChI=1S/C13H27NO/c1-10(2)8-14-9-13(15)12-6-4-11(3)5-7-12/h10-15H,4-9H2,1-3H3. The molecule has 1 saturated carbocycles. The van der Waals surface area contributed by atoms with Gasteiger partial charge in [-0.3, -0.25) is 0 Å². The summed E-state index contributed by atoms with van der Waals surface area (Å²) >= 11 is 0. The molecule has 0 aliphatic heterocycles. The predicted octanol–water partition coefficient (Wildman–Crippen LogP) is 2.42. The van der Waals surface area contributed by atoms with Gasteiger partial charge in [-0.15, -0.1) is 0 Å². The topological polar surface area (TPSA) is 32.3 Å². The molecule has 15 heavy (non-hydrogen) atoms. The van der Waals surface area contributed by atoms with Crippen LogP contribution in [-0.4, -0.2) is 24.3 Å². The summed E-state index contributed by atoms with van der Waals surface area (Å²) in [7, 11) is 0. The first-order chi connectivity index (χ1) is 7.09. The van der Waals surface area contributed by atoms with Crippen LogP contribution >= 0.6 is 0 Å². The van der Waals surface area contributed by atoms with E-state index in [0.717, 1.165) is 19.0 Å². The summed E-state index contributed by atoms with van der Waals surface area (Å²) in [6.45, 7) is 8.50. The molecule has 0 saturated heterocycles. The number of rotatable bonds is 5. The van der Waals surface area contributed by atoms with Gasteiger partial charge < -0.3 is 10.4 Å². The van der Waals surface area contributed by atoms with Gasteiger partial charge in [-0.25, -0.2) is 0 Å². The molecule has 2 nitrogen and oxygen atoms in total. The first kappa shape index (κ1) is 13.0. The fourth-order valence-corrected chi connectivity index (χ4v) is 2.36. The maximum absolute atomic E-state index is 10.0. The molecule has 0 radical (unpaired) electrons. The van der Waals surface area contributed by atoms with E-state index in [0.29, 0.717) is 11.8 Å². The Morgan fingerprint density at radius 1 is 1.13 bits per heavy atom. The highest BCUT2D eigenvalue weighted by Crippen LogP contribution is 2.30. The Hall–Kier alpha value is -0.0800. The third kappa shape index (κ3) is 4.98. The lowest BCUT2D eigenvalue weighted by atomic mass is 9.80. The second-order valence-corrected chi connectivity index (χ2v) is 5.64. The van der Waals surface area contributed by atoms with Crippen molar-refractivity contribution >= 4 is 0 Å². The van der Waals surface area contributed by atoms with Crippen LogP contribution in [0.25, 0.3) is 0 Å². The Morgan fingerprint density at radius 3 is 2.27 bits per heavy atom. The van der Waals surface area contributed by atoms with Crippen LogP contribution in [-0.2, 0) is 0 Å². The van der Waals surface area contributed by atoms with Gasteiger partial charge >= 0.3 is 0 Å². The molecule has 1 aliphatic rings. The maximum atomic E-state index is 10.0. The van der Waals surface area contributed by atoms with Crippen molar-refractivity contribution in [2.75, 3.05) is 13.1 Å². The molecular formula is C13H27NO. The highest BCUT2D eigenvalue weighted by Gasteiger charge is 2.24. The van der Waals surface area contributed by atoms with Gasteiger partial charge in [-0.05, 0) is 37.1 Å². The Morgan fingerprint density at radius 2 is 1.73 bits per heavy atom. The highest BCUT2D eigenvalue weighted by atomic mass is 16.3. The van der Waals surface area contributed by atoms with Crippen molar-refractivity contribution in [3.8, 4) is 0 Å².